The van der Waals surface area contributed by atoms with Crippen molar-refractivity contribution in [1.82, 2.24) is 9.97 Å². The van der Waals surface area contributed by atoms with E-state index in [-0.39, 0.29) is 41.7 Å². The van der Waals surface area contributed by atoms with Crippen molar-refractivity contribution >= 4 is 17.5 Å². The highest BCUT2D eigenvalue weighted by molar-refractivity contribution is 5.68. The van der Waals surface area contributed by atoms with E-state index >= 15 is 0 Å². The molecular weight excluding hydrogens is 428 g/mol. The highest BCUT2D eigenvalue weighted by Gasteiger charge is 2.31. The van der Waals surface area contributed by atoms with E-state index in [4.69, 9.17) is 0 Å². The van der Waals surface area contributed by atoms with Crippen molar-refractivity contribution in [3.05, 3.63) is 60.4 Å². The van der Waals surface area contributed by atoms with Crippen molar-refractivity contribution in [3.63, 3.8) is 0 Å². The van der Waals surface area contributed by atoms with Gasteiger partial charge in [-0.25, -0.2) is 9.37 Å². The van der Waals surface area contributed by atoms with Crippen molar-refractivity contribution in [2.45, 2.75) is 26.3 Å². The summed E-state index contributed by atoms with van der Waals surface area (Å²) in [6, 6.07) is 12.4. The Morgan fingerprint density at radius 3 is 2.44 bits per heavy atom. The third kappa shape index (κ3) is 6.30. The average Bonchev–Trinajstić information content (AvgIpc) is 2.72. The number of halogens is 4. The lowest BCUT2D eigenvalue weighted by Crippen LogP contribution is -2.30. The summed E-state index contributed by atoms with van der Waals surface area (Å²) in [4.78, 5) is 8.70. The number of hydrogen-bond acceptors (Lipinski definition) is 6. The molecule has 0 saturated heterocycles. The molecule has 3 aromatic rings. The van der Waals surface area contributed by atoms with Crippen LogP contribution >= 0.6 is 0 Å². The third-order valence-electron chi connectivity index (χ3n) is 4.54. The molecule has 2 aromatic carbocycles. The monoisotopic (exact) mass is 450 g/mol. The van der Waals surface area contributed by atoms with E-state index in [2.05, 4.69) is 25.3 Å². The number of aliphatic hydroxyl groups is 1. The van der Waals surface area contributed by atoms with Crippen molar-refractivity contribution in [2.24, 2.45) is 5.92 Å². The topological polar surface area (TPSA) is 79.3 Å². The molecule has 0 saturated carbocycles. The molecule has 32 heavy (non-hydrogen) atoms. The van der Waals surface area contributed by atoms with Crippen LogP contribution in [0.1, 0.15) is 13.8 Å². The van der Waals surface area contributed by atoms with Gasteiger partial charge in [-0.2, -0.15) is 4.98 Å². The predicted octanol–water partition coefficient (Wildman–Crippen LogP) is 5.35. The Hall–Kier alpha value is -3.40. The fourth-order valence-electron chi connectivity index (χ4n) is 2.87. The number of hydrogen-bond donors (Lipinski definition) is 3. The number of alkyl halides is 3. The maximum absolute atomic E-state index is 14.1. The number of rotatable bonds is 8. The zero-order valence-electron chi connectivity index (χ0n) is 17.3. The van der Waals surface area contributed by atoms with Gasteiger partial charge in [-0.1, -0.05) is 38.1 Å². The molecule has 1 heterocycles. The van der Waals surface area contributed by atoms with Gasteiger partial charge >= 0.3 is 6.36 Å². The van der Waals surface area contributed by atoms with Gasteiger partial charge in [0.05, 0.1) is 24.0 Å². The minimum absolute atomic E-state index is 0.0405. The van der Waals surface area contributed by atoms with Gasteiger partial charge in [0.2, 0.25) is 5.95 Å². The lowest BCUT2D eigenvalue weighted by molar-refractivity contribution is -0.274. The smallest absolute Gasteiger partial charge is 0.406 e. The Morgan fingerprint density at radius 2 is 1.78 bits per heavy atom. The number of aromatic nitrogens is 2. The summed E-state index contributed by atoms with van der Waals surface area (Å²) >= 11 is 0. The van der Waals surface area contributed by atoms with Gasteiger partial charge in [0.15, 0.2) is 0 Å². The van der Waals surface area contributed by atoms with Crippen molar-refractivity contribution < 1.29 is 27.4 Å². The molecule has 3 N–H and O–H groups in total. The molecule has 6 nitrogen and oxygen atoms in total. The van der Waals surface area contributed by atoms with Crippen LogP contribution in [0.25, 0.3) is 11.3 Å². The van der Waals surface area contributed by atoms with Crippen molar-refractivity contribution in [3.8, 4) is 17.0 Å². The van der Waals surface area contributed by atoms with Crippen LogP contribution in [-0.2, 0) is 0 Å². The summed E-state index contributed by atoms with van der Waals surface area (Å²) in [7, 11) is 0. The Morgan fingerprint density at radius 1 is 1.03 bits per heavy atom. The van der Waals surface area contributed by atoms with Gasteiger partial charge in [-0.05, 0) is 30.2 Å². The van der Waals surface area contributed by atoms with E-state index in [1.165, 1.54) is 36.4 Å². The summed E-state index contributed by atoms with van der Waals surface area (Å²) < 4.78 is 55.9. The maximum Gasteiger partial charge on any atom is 0.573 e. The normalized spacial score (nSPS) is 12.5. The Bertz CT molecular complexity index is 1060. The predicted molar refractivity (Wildman–Crippen MR) is 113 cm³/mol. The zero-order chi connectivity index (χ0) is 23.3. The molecular formula is C22H22F4N4O2. The van der Waals surface area contributed by atoms with E-state index in [1.54, 1.807) is 18.2 Å². The van der Waals surface area contributed by atoms with Crippen LogP contribution in [0, 0.1) is 11.7 Å². The van der Waals surface area contributed by atoms with Crippen LogP contribution in [0.4, 0.5) is 35.0 Å². The molecule has 0 amide bonds. The largest absolute Gasteiger partial charge is 0.573 e. The fraction of sp³-hybridized carbons (Fsp3) is 0.273. The van der Waals surface area contributed by atoms with Gasteiger partial charge in [0.1, 0.15) is 17.4 Å². The van der Waals surface area contributed by atoms with Crippen LogP contribution in [-0.4, -0.2) is 34.1 Å². The number of nitrogens with one attached hydrogen (secondary N) is 2. The summed E-state index contributed by atoms with van der Waals surface area (Å²) in [6.45, 7) is 3.61. The molecule has 10 heteroatoms. The molecule has 0 unspecified atom stereocenters. The third-order valence-corrected chi connectivity index (χ3v) is 4.54. The van der Waals surface area contributed by atoms with Crippen LogP contribution in [0.15, 0.2) is 54.6 Å². The van der Waals surface area contributed by atoms with E-state index < -0.39 is 17.9 Å². The van der Waals surface area contributed by atoms with E-state index in [1.807, 2.05) is 13.8 Å². The number of benzene rings is 2. The van der Waals surface area contributed by atoms with E-state index in [9.17, 15) is 22.7 Å². The molecule has 0 bridgehead atoms. The van der Waals surface area contributed by atoms with Gasteiger partial charge in [0.25, 0.3) is 0 Å². The first-order valence-corrected chi connectivity index (χ1v) is 9.79. The first kappa shape index (κ1) is 23.3. The molecule has 0 aliphatic heterocycles. The highest BCUT2D eigenvalue weighted by atomic mass is 19.4. The summed E-state index contributed by atoms with van der Waals surface area (Å²) in [5, 5.41) is 15.5. The number of para-hydroxylation sites is 1. The summed E-state index contributed by atoms with van der Waals surface area (Å²) in [5.74, 6) is -0.527. The lowest BCUT2D eigenvalue weighted by Gasteiger charge is -2.21. The van der Waals surface area contributed by atoms with Gasteiger partial charge in [-0.15, -0.1) is 13.2 Å². The molecule has 1 atom stereocenters. The zero-order valence-corrected chi connectivity index (χ0v) is 17.3. The van der Waals surface area contributed by atoms with E-state index in [0.717, 1.165) is 0 Å². The molecule has 0 radical (unpaired) electrons. The number of aliphatic hydroxyl groups excluding tert-OH is 1. The quantitative estimate of drug-likeness (QED) is 0.402. The molecule has 0 spiro atoms. The van der Waals surface area contributed by atoms with Crippen LogP contribution in [0.2, 0.25) is 0 Å². The molecule has 3 rings (SSSR count). The van der Waals surface area contributed by atoms with E-state index in [0.29, 0.717) is 5.56 Å². The second-order valence-corrected chi connectivity index (χ2v) is 7.32. The molecule has 1 aromatic heterocycles. The van der Waals surface area contributed by atoms with Crippen LogP contribution in [0.3, 0.4) is 0 Å². The van der Waals surface area contributed by atoms with Gasteiger partial charge in [0, 0.05) is 11.6 Å². The summed E-state index contributed by atoms with van der Waals surface area (Å²) in [5.41, 5.74) is 0.771. The lowest BCUT2D eigenvalue weighted by atomic mass is 10.1. The minimum atomic E-state index is -4.83. The maximum atomic E-state index is 14.1. The molecule has 0 aliphatic rings. The SMILES string of the molecule is CC(C)[C@@H](CO)Nc1nc(Nc2ccccc2F)cc(-c2cccc(OC(F)(F)F)c2)n1. The first-order chi connectivity index (χ1) is 15.1. The van der Waals surface area contributed by atoms with Crippen molar-refractivity contribution in [2.75, 3.05) is 17.2 Å². The van der Waals surface area contributed by atoms with Crippen molar-refractivity contribution in [1.29, 1.82) is 0 Å². The Balaban J connectivity index is 2.02. The first-order valence-electron chi connectivity index (χ1n) is 9.79. The summed E-state index contributed by atoms with van der Waals surface area (Å²) in [6.07, 6.45) is -4.83. The molecule has 0 aliphatic carbocycles. The number of anilines is 3. The van der Waals surface area contributed by atoms with Crippen LogP contribution in [0.5, 0.6) is 5.75 Å². The van der Waals surface area contributed by atoms with Gasteiger partial charge in [-0.3, -0.25) is 0 Å². The molecule has 170 valence electrons. The van der Waals surface area contributed by atoms with Gasteiger partial charge < -0.3 is 20.5 Å². The highest BCUT2D eigenvalue weighted by Crippen LogP contribution is 2.30. The Kier molecular flexibility index (Phi) is 7.14. The second-order valence-electron chi connectivity index (χ2n) is 7.32. The fourth-order valence-corrected chi connectivity index (χ4v) is 2.87. The second kappa shape index (κ2) is 9.82. The number of ether oxygens (including phenoxy) is 1. The number of nitrogens with zero attached hydrogens (tertiary/aromatic N) is 2. The van der Waals surface area contributed by atoms with Crippen LogP contribution < -0.4 is 15.4 Å². The minimum Gasteiger partial charge on any atom is -0.406 e. The Labute approximate surface area is 182 Å². The molecule has 0 fully saturated rings. The standard InChI is InChI=1S/C22H22F4N4O2/c1-13(2)19(12-31)29-21-28-18(14-6-5-7-15(10-14)32-22(24,25)26)11-20(30-21)27-17-9-4-3-8-16(17)23/h3-11,13,19,31H,12H2,1-2H3,(H2,27,28,29,30)/t19-/m1/s1. The average molecular weight is 450 g/mol.